The largest absolute Gasteiger partial charge is 0.352 e. The second kappa shape index (κ2) is 9.59. The highest BCUT2D eigenvalue weighted by molar-refractivity contribution is 5.81. The van der Waals surface area contributed by atoms with E-state index in [0.29, 0.717) is 13.1 Å². The highest BCUT2D eigenvalue weighted by Gasteiger charge is 2.35. The van der Waals surface area contributed by atoms with Crippen LogP contribution in [0.25, 0.3) is 0 Å². The minimum absolute atomic E-state index is 0.00757. The van der Waals surface area contributed by atoms with E-state index in [0.717, 1.165) is 24.0 Å². The number of likely N-dealkylation sites (tertiary alicyclic amines) is 1. The summed E-state index contributed by atoms with van der Waals surface area (Å²) in [7, 11) is 0. The standard InChI is InChI=1S/C24H31N3O2/c1-17(2)26-24(29)27-16-21(23(28)25-15-19-9-5-4-6-10-19)12-13-22(27)20-11-7-8-18(3)14-20/h4-11,14,17,21-22H,12-13,15-16H2,1-3H3,(H,25,28)(H,26,29). The molecule has 1 heterocycles. The highest BCUT2D eigenvalue weighted by Crippen LogP contribution is 2.34. The summed E-state index contributed by atoms with van der Waals surface area (Å²) in [6.45, 7) is 6.90. The lowest BCUT2D eigenvalue weighted by Gasteiger charge is -2.40. The van der Waals surface area contributed by atoms with Crippen molar-refractivity contribution < 1.29 is 9.59 Å². The zero-order valence-electron chi connectivity index (χ0n) is 17.5. The third kappa shape index (κ3) is 5.59. The van der Waals surface area contributed by atoms with Crippen molar-refractivity contribution in [2.75, 3.05) is 6.54 Å². The van der Waals surface area contributed by atoms with Gasteiger partial charge in [-0.15, -0.1) is 0 Å². The molecule has 2 unspecified atom stereocenters. The lowest BCUT2D eigenvalue weighted by Crippen LogP contribution is -2.51. The van der Waals surface area contributed by atoms with Crippen LogP contribution in [0.4, 0.5) is 4.79 Å². The number of piperidine rings is 1. The van der Waals surface area contributed by atoms with Crippen LogP contribution in [0.1, 0.15) is 49.4 Å². The number of carbonyl (C=O) groups is 2. The Morgan fingerprint density at radius 3 is 2.52 bits per heavy atom. The van der Waals surface area contributed by atoms with Crippen molar-refractivity contribution in [1.29, 1.82) is 0 Å². The van der Waals surface area contributed by atoms with Crippen LogP contribution >= 0.6 is 0 Å². The molecule has 2 N–H and O–H groups in total. The molecule has 0 aromatic heterocycles. The first-order chi connectivity index (χ1) is 13.9. The second-order valence-corrected chi connectivity index (χ2v) is 8.16. The van der Waals surface area contributed by atoms with Crippen molar-refractivity contribution in [3.8, 4) is 0 Å². The van der Waals surface area contributed by atoms with Gasteiger partial charge in [-0.3, -0.25) is 4.79 Å². The molecule has 2 aromatic rings. The van der Waals surface area contributed by atoms with E-state index < -0.39 is 0 Å². The third-order valence-electron chi connectivity index (χ3n) is 5.36. The molecule has 0 spiro atoms. The fourth-order valence-corrected chi connectivity index (χ4v) is 3.89. The quantitative estimate of drug-likeness (QED) is 0.800. The van der Waals surface area contributed by atoms with Crippen LogP contribution in [-0.2, 0) is 11.3 Å². The molecular formula is C24H31N3O2. The molecule has 29 heavy (non-hydrogen) atoms. The van der Waals surface area contributed by atoms with Crippen LogP contribution in [0.15, 0.2) is 54.6 Å². The fourth-order valence-electron chi connectivity index (χ4n) is 3.89. The topological polar surface area (TPSA) is 61.4 Å². The maximum atomic E-state index is 12.9. The first kappa shape index (κ1) is 20.9. The Hall–Kier alpha value is -2.82. The lowest BCUT2D eigenvalue weighted by molar-refractivity contribution is -0.126. The van der Waals surface area contributed by atoms with Gasteiger partial charge >= 0.3 is 6.03 Å². The molecule has 154 valence electrons. The molecule has 1 fully saturated rings. The number of carbonyl (C=O) groups excluding carboxylic acids is 2. The van der Waals surface area contributed by atoms with Crippen molar-refractivity contribution in [2.45, 2.75) is 52.2 Å². The molecular weight excluding hydrogens is 362 g/mol. The number of hydrogen-bond donors (Lipinski definition) is 2. The van der Waals surface area contributed by atoms with Gasteiger partial charge in [-0.1, -0.05) is 60.2 Å². The van der Waals surface area contributed by atoms with E-state index in [1.54, 1.807) is 0 Å². The Labute approximate surface area is 173 Å². The van der Waals surface area contributed by atoms with E-state index in [-0.39, 0.29) is 29.9 Å². The minimum Gasteiger partial charge on any atom is -0.352 e. The summed E-state index contributed by atoms with van der Waals surface area (Å²) in [6.07, 6.45) is 1.54. The number of benzene rings is 2. The van der Waals surface area contributed by atoms with Crippen LogP contribution in [0.5, 0.6) is 0 Å². The molecule has 0 bridgehead atoms. The molecule has 2 atom stereocenters. The van der Waals surface area contributed by atoms with Gasteiger partial charge in [-0.25, -0.2) is 4.79 Å². The number of nitrogens with one attached hydrogen (secondary N) is 2. The number of rotatable bonds is 5. The summed E-state index contributed by atoms with van der Waals surface area (Å²) in [5.74, 6) is -0.184. The Bertz CT molecular complexity index is 835. The van der Waals surface area contributed by atoms with Crippen molar-refractivity contribution in [2.24, 2.45) is 5.92 Å². The molecule has 1 saturated heterocycles. The summed E-state index contributed by atoms with van der Waals surface area (Å²) in [4.78, 5) is 27.5. The van der Waals surface area contributed by atoms with E-state index in [4.69, 9.17) is 0 Å². The number of aryl methyl sites for hydroxylation is 1. The minimum atomic E-state index is -0.197. The predicted molar refractivity (Wildman–Crippen MR) is 115 cm³/mol. The number of nitrogens with zero attached hydrogens (tertiary/aromatic N) is 1. The lowest BCUT2D eigenvalue weighted by atomic mass is 9.88. The Kier molecular flexibility index (Phi) is 6.91. The van der Waals surface area contributed by atoms with Gasteiger partial charge in [0.15, 0.2) is 0 Å². The summed E-state index contributed by atoms with van der Waals surface area (Å²) >= 11 is 0. The van der Waals surface area contributed by atoms with Crippen LogP contribution < -0.4 is 10.6 Å². The second-order valence-electron chi connectivity index (χ2n) is 8.16. The molecule has 1 aliphatic rings. The SMILES string of the molecule is Cc1cccc(C2CCC(C(=O)NCc3ccccc3)CN2C(=O)NC(C)C)c1. The van der Waals surface area contributed by atoms with Gasteiger partial charge in [-0.05, 0) is 44.7 Å². The van der Waals surface area contributed by atoms with E-state index in [1.165, 1.54) is 5.56 Å². The smallest absolute Gasteiger partial charge is 0.318 e. The van der Waals surface area contributed by atoms with Gasteiger partial charge in [-0.2, -0.15) is 0 Å². The summed E-state index contributed by atoms with van der Waals surface area (Å²) < 4.78 is 0. The molecule has 0 aliphatic carbocycles. The van der Waals surface area contributed by atoms with Gasteiger partial charge < -0.3 is 15.5 Å². The molecule has 0 radical (unpaired) electrons. The van der Waals surface area contributed by atoms with E-state index >= 15 is 0 Å². The number of urea groups is 1. The monoisotopic (exact) mass is 393 g/mol. The molecule has 1 aliphatic heterocycles. The van der Waals surface area contributed by atoms with Crippen molar-refractivity contribution >= 4 is 11.9 Å². The van der Waals surface area contributed by atoms with Crippen LogP contribution in [-0.4, -0.2) is 29.4 Å². The van der Waals surface area contributed by atoms with Crippen LogP contribution in [0.3, 0.4) is 0 Å². The van der Waals surface area contributed by atoms with Crippen molar-refractivity contribution in [3.05, 3.63) is 71.3 Å². The zero-order valence-corrected chi connectivity index (χ0v) is 17.5. The molecule has 3 amide bonds. The maximum absolute atomic E-state index is 12.9. The molecule has 2 aromatic carbocycles. The first-order valence-corrected chi connectivity index (χ1v) is 10.4. The average Bonchev–Trinajstić information content (AvgIpc) is 2.72. The van der Waals surface area contributed by atoms with Crippen LogP contribution in [0.2, 0.25) is 0 Å². The van der Waals surface area contributed by atoms with Gasteiger partial charge in [0.05, 0.1) is 12.0 Å². The Morgan fingerprint density at radius 2 is 1.83 bits per heavy atom. The van der Waals surface area contributed by atoms with Crippen molar-refractivity contribution in [3.63, 3.8) is 0 Å². The molecule has 3 rings (SSSR count). The van der Waals surface area contributed by atoms with Gasteiger partial charge in [0.1, 0.15) is 0 Å². The first-order valence-electron chi connectivity index (χ1n) is 10.4. The average molecular weight is 394 g/mol. The Balaban J connectivity index is 1.71. The molecule has 0 saturated carbocycles. The number of amides is 3. The number of hydrogen-bond acceptors (Lipinski definition) is 2. The van der Waals surface area contributed by atoms with Gasteiger partial charge in [0, 0.05) is 19.1 Å². The summed E-state index contributed by atoms with van der Waals surface area (Å²) in [5, 5.41) is 6.03. The van der Waals surface area contributed by atoms with Gasteiger partial charge in [0.25, 0.3) is 0 Å². The highest BCUT2D eigenvalue weighted by atomic mass is 16.2. The fraction of sp³-hybridized carbons (Fsp3) is 0.417. The summed E-state index contributed by atoms with van der Waals surface area (Å²) in [6, 6.07) is 18.1. The molecule has 5 nitrogen and oxygen atoms in total. The molecule has 5 heteroatoms. The van der Waals surface area contributed by atoms with Gasteiger partial charge in [0.2, 0.25) is 5.91 Å². The van der Waals surface area contributed by atoms with Crippen molar-refractivity contribution in [1.82, 2.24) is 15.5 Å². The normalized spacial score (nSPS) is 19.1. The van der Waals surface area contributed by atoms with E-state index in [9.17, 15) is 9.59 Å². The van der Waals surface area contributed by atoms with Crippen LogP contribution in [0, 0.1) is 12.8 Å². The zero-order chi connectivity index (χ0) is 20.8. The third-order valence-corrected chi connectivity index (χ3v) is 5.36. The Morgan fingerprint density at radius 1 is 1.07 bits per heavy atom. The summed E-state index contributed by atoms with van der Waals surface area (Å²) in [5.41, 5.74) is 3.38. The van der Waals surface area contributed by atoms with E-state index in [1.807, 2.05) is 55.1 Å². The predicted octanol–water partition coefficient (Wildman–Crippen LogP) is 4.18. The van der Waals surface area contributed by atoms with E-state index in [2.05, 4.69) is 35.8 Å². The maximum Gasteiger partial charge on any atom is 0.318 e.